The maximum atomic E-state index is 12.7. The van der Waals surface area contributed by atoms with Crippen molar-refractivity contribution in [2.75, 3.05) is 12.3 Å². The summed E-state index contributed by atoms with van der Waals surface area (Å²) in [7, 11) is -2.08. The summed E-state index contributed by atoms with van der Waals surface area (Å²) in [4.78, 5) is 0.0129. The van der Waals surface area contributed by atoms with Gasteiger partial charge in [-0.1, -0.05) is 36.7 Å². The molecule has 0 unspecified atom stereocenters. The fraction of sp³-hybridized carbons (Fsp3) is 0.308. The van der Waals surface area contributed by atoms with E-state index < -0.39 is 10.0 Å². The van der Waals surface area contributed by atoms with Gasteiger partial charge < -0.3 is 5.73 Å². The summed E-state index contributed by atoms with van der Waals surface area (Å²) < 4.78 is 28.0. The van der Waals surface area contributed by atoms with Crippen LogP contribution < -0.4 is 5.73 Å². The number of hydrogen-bond acceptors (Lipinski definition) is 4. The standard InChI is InChI=1S/C13H17ClN4O2S/c1-3-18(8-10-6-4-5-7-11(10)14)21(19,20)12-9-17(2)16-13(12)15/h4-7,9H,3,8H2,1-2H3,(H2,15,16). The molecule has 0 aliphatic rings. The zero-order valence-corrected chi connectivity index (χ0v) is 13.4. The number of aromatic nitrogens is 2. The Labute approximate surface area is 129 Å². The van der Waals surface area contributed by atoms with Crippen LogP contribution in [0.3, 0.4) is 0 Å². The lowest BCUT2D eigenvalue weighted by molar-refractivity contribution is 0.423. The summed E-state index contributed by atoms with van der Waals surface area (Å²) >= 11 is 6.09. The van der Waals surface area contributed by atoms with Crippen LogP contribution >= 0.6 is 11.6 Å². The van der Waals surface area contributed by atoms with E-state index in [4.69, 9.17) is 17.3 Å². The molecule has 21 heavy (non-hydrogen) atoms. The van der Waals surface area contributed by atoms with Gasteiger partial charge in [0, 0.05) is 31.4 Å². The van der Waals surface area contributed by atoms with Crippen LogP contribution in [0.15, 0.2) is 35.4 Å². The number of nitrogens with zero attached hydrogens (tertiary/aromatic N) is 3. The fourth-order valence-corrected chi connectivity index (χ4v) is 3.72. The van der Waals surface area contributed by atoms with Gasteiger partial charge in [0.15, 0.2) is 5.82 Å². The van der Waals surface area contributed by atoms with Crippen molar-refractivity contribution in [2.24, 2.45) is 7.05 Å². The topological polar surface area (TPSA) is 81.2 Å². The van der Waals surface area contributed by atoms with Crippen LogP contribution in [0.25, 0.3) is 0 Å². The van der Waals surface area contributed by atoms with Crippen molar-refractivity contribution in [3.8, 4) is 0 Å². The lowest BCUT2D eigenvalue weighted by Gasteiger charge is -2.20. The molecule has 0 spiro atoms. The molecule has 1 aromatic carbocycles. The van der Waals surface area contributed by atoms with Crippen molar-refractivity contribution < 1.29 is 8.42 Å². The number of benzene rings is 1. The van der Waals surface area contributed by atoms with Crippen molar-refractivity contribution in [1.29, 1.82) is 0 Å². The summed E-state index contributed by atoms with van der Waals surface area (Å²) in [6.45, 7) is 2.26. The Morgan fingerprint density at radius 2 is 2.05 bits per heavy atom. The van der Waals surface area contributed by atoms with Crippen LogP contribution in [0.4, 0.5) is 5.82 Å². The van der Waals surface area contributed by atoms with E-state index >= 15 is 0 Å². The van der Waals surface area contributed by atoms with E-state index in [1.807, 2.05) is 6.07 Å². The van der Waals surface area contributed by atoms with E-state index in [1.54, 1.807) is 32.2 Å². The van der Waals surface area contributed by atoms with Crippen molar-refractivity contribution in [1.82, 2.24) is 14.1 Å². The Kier molecular flexibility index (Phi) is 4.55. The molecule has 0 saturated carbocycles. The minimum absolute atomic E-state index is 0.00453. The molecule has 8 heteroatoms. The molecule has 0 radical (unpaired) electrons. The van der Waals surface area contributed by atoms with E-state index in [0.717, 1.165) is 5.56 Å². The molecule has 0 fully saturated rings. The number of nitrogens with two attached hydrogens (primary N) is 1. The van der Waals surface area contributed by atoms with Gasteiger partial charge in [0.2, 0.25) is 10.0 Å². The van der Waals surface area contributed by atoms with Gasteiger partial charge in [-0.2, -0.15) is 9.40 Å². The maximum Gasteiger partial charge on any atom is 0.248 e. The summed E-state index contributed by atoms with van der Waals surface area (Å²) in [5.74, 6) is -0.00453. The molecule has 0 bridgehead atoms. The van der Waals surface area contributed by atoms with Crippen LogP contribution in [0.5, 0.6) is 0 Å². The third-order valence-corrected chi connectivity index (χ3v) is 5.40. The molecule has 0 aliphatic carbocycles. The smallest absolute Gasteiger partial charge is 0.248 e. The first-order valence-corrected chi connectivity index (χ1v) is 8.20. The Balaban J connectivity index is 2.37. The summed E-state index contributed by atoms with van der Waals surface area (Å²) in [5, 5.41) is 4.41. The van der Waals surface area contributed by atoms with Gasteiger partial charge in [-0.05, 0) is 11.6 Å². The van der Waals surface area contributed by atoms with Crippen LogP contribution in [-0.2, 0) is 23.6 Å². The number of nitrogen functional groups attached to an aromatic ring is 1. The molecular formula is C13H17ClN4O2S. The highest BCUT2D eigenvalue weighted by Gasteiger charge is 2.28. The first kappa shape index (κ1) is 15.8. The second-order valence-electron chi connectivity index (χ2n) is 4.57. The number of aryl methyl sites for hydroxylation is 1. The van der Waals surface area contributed by atoms with E-state index in [0.29, 0.717) is 11.6 Å². The predicted octanol–water partition coefficient (Wildman–Crippen LogP) is 1.87. The first-order chi connectivity index (χ1) is 9.86. The summed E-state index contributed by atoms with van der Waals surface area (Å²) in [6.07, 6.45) is 1.40. The summed E-state index contributed by atoms with van der Waals surface area (Å²) in [6, 6.07) is 7.15. The number of hydrogen-bond donors (Lipinski definition) is 1. The SMILES string of the molecule is CCN(Cc1ccccc1Cl)S(=O)(=O)c1cn(C)nc1N. The average molecular weight is 329 g/mol. The predicted molar refractivity (Wildman–Crippen MR) is 82.3 cm³/mol. The molecular weight excluding hydrogens is 312 g/mol. The van der Waals surface area contributed by atoms with E-state index in [9.17, 15) is 8.42 Å². The zero-order valence-electron chi connectivity index (χ0n) is 11.8. The lowest BCUT2D eigenvalue weighted by atomic mass is 10.2. The Morgan fingerprint density at radius 3 is 2.57 bits per heavy atom. The minimum atomic E-state index is -3.71. The van der Waals surface area contributed by atoms with Gasteiger partial charge in [-0.25, -0.2) is 8.42 Å². The fourth-order valence-electron chi connectivity index (χ4n) is 2.01. The van der Waals surface area contributed by atoms with Gasteiger partial charge in [0.05, 0.1) is 0 Å². The molecule has 114 valence electrons. The first-order valence-electron chi connectivity index (χ1n) is 6.39. The molecule has 0 saturated heterocycles. The highest BCUT2D eigenvalue weighted by Crippen LogP contribution is 2.24. The van der Waals surface area contributed by atoms with Gasteiger partial charge in [-0.15, -0.1) is 0 Å². The quantitative estimate of drug-likeness (QED) is 0.908. The number of anilines is 1. The highest BCUT2D eigenvalue weighted by atomic mass is 35.5. The molecule has 0 amide bonds. The largest absolute Gasteiger partial charge is 0.381 e. The number of rotatable bonds is 5. The third-order valence-electron chi connectivity index (χ3n) is 3.10. The van der Waals surface area contributed by atoms with Crippen LogP contribution in [0.1, 0.15) is 12.5 Å². The summed E-state index contributed by atoms with van der Waals surface area (Å²) in [5.41, 5.74) is 6.42. The minimum Gasteiger partial charge on any atom is -0.381 e. The van der Waals surface area contributed by atoms with Crippen LogP contribution in [-0.4, -0.2) is 29.0 Å². The third kappa shape index (κ3) is 3.20. The van der Waals surface area contributed by atoms with Gasteiger partial charge in [0.25, 0.3) is 0 Å². The normalized spacial score (nSPS) is 12.0. The van der Waals surface area contributed by atoms with Gasteiger partial charge in [0.1, 0.15) is 4.90 Å². The molecule has 2 N–H and O–H groups in total. The Bertz CT molecular complexity index is 742. The molecule has 1 aromatic heterocycles. The second kappa shape index (κ2) is 6.05. The lowest BCUT2D eigenvalue weighted by Crippen LogP contribution is -2.30. The van der Waals surface area contributed by atoms with Gasteiger partial charge in [-0.3, -0.25) is 4.68 Å². The number of sulfonamides is 1. The van der Waals surface area contributed by atoms with Gasteiger partial charge >= 0.3 is 0 Å². The Hall–Kier alpha value is -1.57. The average Bonchev–Trinajstić information content (AvgIpc) is 2.77. The molecule has 1 heterocycles. The van der Waals surface area contributed by atoms with Crippen molar-refractivity contribution >= 4 is 27.4 Å². The molecule has 0 aliphatic heterocycles. The van der Waals surface area contributed by atoms with Crippen LogP contribution in [0.2, 0.25) is 5.02 Å². The van der Waals surface area contributed by atoms with Crippen molar-refractivity contribution in [3.63, 3.8) is 0 Å². The van der Waals surface area contributed by atoms with Crippen LogP contribution in [0, 0.1) is 0 Å². The molecule has 0 atom stereocenters. The highest BCUT2D eigenvalue weighted by molar-refractivity contribution is 7.89. The van der Waals surface area contributed by atoms with E-state index in [-0.39, 0.29) is 17.3 Å². The van der Waals surface area contributed by atoms with E-state index in [1.165, 1.54) is 15.2 Å². The molecule has 2 rings (SSSR count). The maximum absolute atomic E-state index is 12.7. The zero-order chi connectivity index (χ0) is 15.6. The number of halogens is 1. The van der Waals surface area contributed by atoms with Crippen molar-refractivity contribution in [2.45, 2.75) is 18.4 Å². The monoisotopic (exact) mass is 328 g/mol. The van der Waals surface area contributed by atoms with E-state index in [2.05, 4.69) is 5.10 Å². The molecule has 2 aromatic rings. The van der Waals surface area contributed by atoms with Crippen molar-refractivity contribution in [3.05, 3.63) is 41.0 Å². The Morgan fingerprint density at radius 1 is 1.38 bits per heavy atom. The second-order valence-corrected chi connectivity index (χ2v) is 6.89. The molecule has 6 nitrogen and oxygen atoms in total.